The number of rotatable bonds is 4. The van der Waals surface area contributed by atoms with Crippen molar-refractivity contribution in [3.05, 3.63) is 28.0 Å². The predicted molar refractivity (Wildman–Crippen MR) is 79.0 cm³/mol. The molecule has 0 radical (unpaired) electrons. The summed E-state index contributed by atoms with van der Waals surface area (Å²) >= 11 is 11.3. The average Bonchev–Trinajstić information content (AvgIpc) is 2.31. The normalized spacial score (nSPS) is 14.3. The van der Waals surface area contributed by atoms with E-state index in [1.807, 2.05) is 20.8 Å². The molecule has 1 rings (SSSR count). The Hall–Kier alpha value is -0.400. The highest BCUT2D eigenvalue weighted by Crippen LogP contribution is 2.30. The molecule has 0 bridgehead atoms. The molecule has 4 nitrogen and oxygen atoms in total. The molecule has 114 valence electrons. The van der Waals surface area contributed by atoms with Crippen LogP contribution in [-0.4, -0.2) is 21.0 Å². The Labute approximate surface area is 128 Å². The van der Waals surface area contributed by atoms with E-state index in [9.17, 15) is 12.8 Å². The number of nitrogens with two attached hydrogens (primary N) is 1. The molecule has 3 N–H and O–H groups in total. The SMILES string of the molecule is CC(C)(C)C(CN)NS(=O)(=O)c1ccc(Cl)c(F)c1Cl. The van der Waals surface area contributed by atoms with Gasteiger partial charge in [0.15, 0.2) is 5.82 Å². The fraction of sp³-hybridized carbons (Fsp3) is 0.500. The minimum atomic E-state index is -3.99. The van der Waals surface area contributed by atoms with E-state index in [1.165, 1.54) is 0 Å². The van der Waals surface area contributed by atoms with Crippen LogP contribution in [0, 0.1) is 11.2 Å². The first-order chi connectivity index (χ1) is 9.00. The second kappa shape index (κ2) is 6.15. The predicted octanol–water partition coefficient (Wildman–Crippen LogP) is 2.78. The van der Waals surface area contributed by atoms with Crippen LogP contribution in [0.3, 0.4) is 0 Å². The van der Waals surface area contributed by atoms with E-state index in [1.54, 1.807) is 0 Å². The van der Waals surface area contributed by atoms with Crippen molar-refractivity contribution in [1.29, 1.82) is 0 Å². The molecule has 0 aliphatic heterocycles. The van der Waals surface area contributed by atoms with Gasteiger partial charge in [-0.15, -0.1) is 0 Å². The van der Waals surface area contributed by atoms with E-state index in [0.717, 1.165) is 12.1 Å². The lowest BCUT2D eigenvalue weighted by molar-refractivity contribution is 0.304. The van der Waals surface area contributed by atoms with Crippen molar-refractivity contribution >= 4 is 33.2 Å². The molecule has 1 aromatic carbocycles. The molecule has 0 heterocycles. The van der Waals surface area contributed by atoms with E-state index in [2.05, 4.69) is 4.72 Å². The van der Waals surface area contributed by atoms with Crippen LogP contribution >= 0.6 is 23.2 Å². The van der Waals surface area contributed by atoms with Crippen molar-refractivity contribution in [1.82, 2.24) is 4.72 Å². The number of hydrogen-bond donors (Lipinski definition) is 2. The maximum atomic E-state index is 13.6. The van der Waals surface area contributed by atoms with Crippen LogP contribution in [0.5, 0.6) is 0 Å². The zero-order chi connectivity index (χ0) is 15.7. The summed E-state index contributed by atoms with van der Waals surface area (Å²) in [5.74, 6) is -0.962. The van der Waals surface area contributed by atoms with Crippen molar-refractivity contribution in [3.8, 4) is 0 Å². The first kappa shape index (κ1) is 17.7. The molecule has 0 aliphatic carbocycles. The molecule has 0 saturated heterocycles. The van der Waals surface area contributed by atoms with Crippen molar-refractivity contribution in [2.45, 2.75) is 31.7 Å². The summed E-state index contributed by atoms with van der Waals surface area (Å²) < 4.78 is 40.6. The van der Waals surface area contributed by atoms with Gasteiger partial charge in [0, 0.05) is 12.6 Å². The minimum absolute atomic E-state index is 0.108. The third-order valence-corrected chi connectivity index (χ3v) is 5.16. The summed E-state index contributed by atoms with van der Waals surface area (Å²) in [5.41, 5.74) is 5.19. The highest BCUT2D eigenvalue weighted by atomic mass is 35.5. The second-order valence-electron chi connectivity index (χ2n) is 5.45. The van der Waals surface area contributed by atoms with Crippen LogP contribution in [0.1, 0.15) is 20.8 Å². The number of sulfonamides is 1. The van der Waals surface area contributed by atoms with Crippen LogP contribution < -0.4 is 10.5 Å². The molecule has 1 atom stereocenters. The monoisotopic (exact) mass is 342 g/mol. The maximum absolute atomic E-state index is 13.6. The number of hydrogen-bond acceptors (Lipinski definition) is 3. The molecular weight excluding hydrogens is 326 g/mol. The van der Waals surface area contributed by atoms with E-state index < -0.39 is 26.9 Å². The summed E-state index contributed by atoms with van der Waals surface area (Å²) in [4.78, 5) is -0.358. The summed E-state index contributed by atoms with van der Waals surface area (Å²) in [6.07, 6.45) is 0. The summed E-state index contributed by atoms with van der Waals surface area (Å²) in [7, 11) is -3.99. The van der Waals surface area contributed by atoms with Crippen LogP contribution in [0.15, 0.2) is 17.0 Å². The molecule has 0 fully saturated rings. The number of benzene rings is 1. The third-order valence-electron chi connectivity index (χ3n) is 2.87. The Morgan fingerprint density at radius 3 is 2.35 bits per heavy atom. The lowest BCUT2D eigenvalue weighted by Crippen LogP contribution is -2.48. The van der Waals surface area contributed by atoms with Crippen LogP contribution in [-0.2, 0) is 10.0 Å². The van der Waals surface area contributed by atoms with Crippen LogP contribution in [0.25, 0.3) is 0 Å². The molecule has 20 heavy (non-hydrogen) atoms. The lowest BCUT2D eigenvalue weighted by Gasteiger charge is -2.30. The van der Waals surface area contributed by atoms with Gasteiger partial charge in [0.25, 0.3) is 0 Å². The first-order valence-electron chi connectivity index (χ1n) is 5.86. The molecule has 1 unspecified atom stereocenters. The molecule has 0 spiro atoms. The lowest BCUT2D eigenvalue weighted by atomic mass is 9.88. The Morgan fingerprint density at radius 1 is 1.35 bits per heavy atom. The smallest absolute Gasteiger partial charge is 0.242 e. The van der Waals surface area contributed by atoms with Gasteiger partial charge in [-0.3, -0.25) is 0 Å². The summed E-state index contributed by atoms with van der Waals surface area (Å²) in [6, 6.07) is 1.79. The molecule has 0 aromatic heterocycles. The van der Waals surface area contributed by atoms with E-state index in [0.29, 0.717) is 0 Å². The highest BCUT2D eigenvalue weighted by Gasteiger charge is 2.30. The molecule has 0 amide bonds. The van der Waals surface area contributed by atoms with Crippen molar-refractivity contribution in [2.75, 3.05) is 6.54 Å². The summed E-state index contributed by atoms with van der Waals surface area (Å²) in [6.45, 7) is 5.64. The Kier molecular flexibility index (Phi) is 5.43. The fourth-order valence-electron chi connectivity index (χ4n) is 1.54. The third kappa shape index (κ3) is 3.83. The minimum Gasteiger partial charge on any atom is -0.329 e. The summed E-state index contributed by atoms with van der Waals surface area (Å²) in [5, 5.41) is -0.769. The van der Waals surface area contributed by atoms with E-state index in [4.69, 9.17) is 28.9 Å². The van der Waals surface area contributed by atoms with Crippen molar-refractivity contribution in [2.24, 2.45) is 11.1 Å². The van der Waals surface area contributed by atoms with Gasteiger partial charge in [-0.2, -0.15) is 0 Å². The van der Waals surface area contributed by atoms with Gasteiger partial charge in [-0.05, 0) is 17.5 Å². The van der Waals surface area contributed by atoms with E-state index >= 15 is 0 Å². The van der Waals surface area contributed by atoms with Gasteiger partial charge in [-0.25, -0.2) is 17.5 Å². The van der Waals surface area contributed by atoms with Gasteiger partial charge >= 0.3 is 0 Å². The zero-order valence-corrected chi connectivity index (χ0v) is 13.7. The van der Waals surface area contributed by atoms with Gasteiger partial charge in [0.05, 0.1) is 10.0 Å². The van der Waals surface area contributed by atoms with Crippen molar-refractivity contribution < 1.29 is 12.8 Å². The Balaban J connectivity index is 3.22. The van der Waals surface area contributed by atoms with E-state index in [-0.39, 0.29) is 21.9 Å². The van der Waals surface area contributed by atoms with Gasteiger partial charge < -0.3 is 5.73 Å². The molecule has 1 aromatic rings. The number of nitrogens with one attached hydrogen (secondary N) is 1. The standard InChI is InChI=1S/C12H17Cl2FN2O2S/c1-12(2,3)9(6-16)17-20(18,19)8-5-4-7(13)11(15)10(8)14/h4-5,9,17H,6,16H2,1-3H3. The average molecular weight is 343 g/mol. The van der Waals surface area contributed by atoms with Crippen LogP contribution in [0.4, 0.5) is 4.39 Å². The molecular formula is C12H17Cl2FN2O2S. The fourth-order valence-corrected chi connectivity index (χ4v) is 3.74. The Morgan fingerprint density at radius 2 is 1.90 bits per heavy atom. The van der Waals surface area contributed by atoms with Gasteiger partial charge in [0.1, 0.15) is 4.90 Å². The van der Waals surface area contributed by atoms with Crippen LogP contribution in [0.2, 0.25) is 10.0 Å². The number of halogens is 3. The Bertz CT molecular complexity index is 600. The first-order valence-corrected chi connectivity index (χ1v) is 8.10. The second-order valence-corrected chi connectivity index (χ2v) is 7.92. The van der Waals surface area contributed by atoms with Crippen molar-refractivity contribution in [3.63, 3.8) is 0 Å². The van der Waals surface area contributed by atoms with Gasteiger partial charge in [0.2, 0.25) is 10.0 Å². The molecule has 0 saturated carbocycles. The topological polar surface area (TPSA) is 72.2 Å². The van der Waals surface area contributed by atoms with Gasteiger partial charge in [-0.1, -0.05) is 44.0 Å². The quantitative estimate of drug-likeness (QED) is 0.826. The molecule has 8 heteroatoms. The highest BCUT2D eigenvalue weighted by molar-refractivity contribution is 7.89. The zero-order valence-electron chi connectivity index (χ0n) is 11.4. The molecule has 0 aliphatic rings. The maximum Gasteiger partial charge on any atom is 0.242 e. The largest absolute Gasteiger partial charge is 0.329 e.